The van der Waals surface area contributed by atoms with Gasteiger partial charge in [-0.3, -0.25) is 4.79 Å². The molecule has 1 aromatic carbocycles. The summed E-state index contributed by atoms with van der Waals surface area (Å²) >= 11 is 0. The van der Waals surface area contributed by atoms with Gasteiger partial charge in [-0.1, -0.05) is 12.1 Å². The molecule has 0 radical (unpaired) electrons. The highest BCUT2D eigenvalue weighted by Gasteiger charge is 2.39. The third kappa shape index (κ3) is 2.86. The first-order valence-electron chi connectivity index (χ1n) is 6.02. The average Bonchev–Trinajstić information content (AvgIpc) is 2.96. The predicted molar refractivity (Wildman–Crippen MR) is 68.8 cm³/mol. The molecule has 1 saturated carbocycles. The van der Waals surface area contributed by atoms with Crippen molar-refractivity contribution in [1.82, 2.24) is 5.32 Å². The lowest BCUT2D eigenvalue weighted by Gasteiger charge is -2.20. The molecular weight excluding hydrogens is 212 g/mol. The van der Waals surface area contributed by atoms with Crippen LogP contribution in [0.1, 0.15) is 49.5 Å². The lowest BCUT2D eigenvalue weighted by Crippen LogP contribution is -2.40. The van der Waals surface area contributed by atoms with Crippen molar-refractivity contribution in [3.8, 4) is 0 Å². The molecule has 1 fully saturated rings. The van der Waals surface area contributed by atoms with Gasteiger partial charge in [-0.25, -0.2) is 0 Å². The van der Waals surface area contributed by atoms with E-state index in [4.69, 9.17) is 5.73 Å². The van der Waals surface area contributed by atoms with Crippen LogP contribution in [0, 0.1) is 0 Å². The summed E-state index contributed by atoms with van der Waals surface area (Å²) in [6.45, 7) is 5.91. The highest BCUT2D eigenvalue weighted by molar-refractivity contribution is 5.94. The SMILES string of the molecule is CC(C)(C)NC(=O)c1ccc(C2(N)CC2)cc1. The summed E-state index contributed by atoms with van der Waals surface area (Å²) in [7, 11) is 0. The van der Waals surface area contributed by atoms with Gasteiger partial charge in [0.1, 0.15) is 0 Å². The van der Waals surface area contributed by atoms with E-state index in [2.05, 4.69) is 5.32 Å². The maximum absolute atomic E-state index is 11.9. The average molecular weight is 232 g/mol. The zero-order valence-electron chi connectivity index (χ0n) is 10.7. The molecule has 0 saturated heterocycles. The van der Waals surface area contributed by atoms with Gasteiger partial charge < -0.3 is 11.1 Å². The van der Waals surface area contributed by atoms with Crippen LogP contribution >= 0.6 is 0 Å². The van der Waals surface area contributed by atoms with Gasteiger partial charge in [-0.15, -0.1) is 0 Å². The van der Waals surface area contributed by atoms with Crippen molar-refractivity contribution < 1.29 is 4.79 Å². The van der Waals surface area contributed by atoms with Gasteiger partial charge in [-0.2, -0.15) is 0 Å². The standard InChI is InChI=1S/C14H20N2O/c1-13(2,3)16-12(17)10-4-6-11(7-5-10)14(15)8-9-14/h4-7H,8-9,15H2,1-3H3,(H,16,17). The molecule has 92 valence electrons. The van der Waals surface area contributed by atoms with Crippen LogP contribution in [-0.4, -0.2) is 11.4 Å². The van der Waals surface area contributed by atoms with Gasteiger partial charge in [0.05, 0.1) is 0 Å². The fourth-order valence-electron chi connectivity index (χ4n) is 1.79. The summed E-state index contributed by atoms with van der Waals surface area (Å²) in [6, 6.07) is 7.63. The minimum absolute atomic E-state index is 0.0362. The van der Waals surface area contributed by atoms with E-state index < -0.39 is 0 Å². The van der Waals surface area contributed by atoms with Crippen molar-refractivity contribution in [2.75, 3.05) is 0 Å². The highest BCUT2D eigenvalue weighted by atomic mass is 16.1. The monoisotopic (exact) mass is 232 g/mol. The first-order valence-corrected chi connectivity index (χ1v) is 6.02. The fourth-order valence-corrected chi connectivity index (χ4v) is 1.79. The Bertz CT molecular complexity index is 425. The molecule has 1 aromatic rings. The van der Waals surface area contributed by atoms with Gasteiger partial charge in [0, 0.05) is 16.6 Å². The van der Waals surface area contributed by atoms with Crippen molar-refractivity contribution >= 4 is 5.91 Å². The third-order valence-electron chi connectivity index (χ3n) is 3.00. The second-order valence-electron chi connectivity index (χ2n) is 5.94. The van der Waals surface area contributed by atoms with Crippen molar-refractivity contribution in [1.29, 1.82) is 0 Å². The van der Waals surface area contributed by atoms with Crippen LogP contribution in [0.5, 0.6) is 0 Å². The van der Waals surface area contributed by atoms with E-state index in [1.807, 2.05) is 45.0 Å². The topological polar surface area (TPSA) is 55.1 Å². The molecule has 17 heavy (non-hydrogen) atoms. The molecule has 0 unspecified atom stereocenters. The number of hydrogen-bond donors (Lipinski definition) is 2. The van der Waals surface area contributed by atoms with E-state index in [1.54, 1.807) is 0 Å². The van der Waals surface area contributed by atoms with Crippen molar-refractivity contribution in [2.24, 2.45) is 5.73 Å². The van der Waals surface area contributed by atoms with E-state index in [0.717, 1.165) is 18.4 Å². The van der Waals surface area contributed by atoms with Gasteiger partial charge >= 0.3 is 0 Å². The van der Waals surface area contributed by atoms with Crippen LogP contribution in [0.25, 0.3) is 0 Å². The van der Waals surface area contributed by atoms with E-state index in [-0.39, 0.29) is 17.0 Å². The van der Waals surface area contributed by atoms with Gasteiger partial charge in [0.25, 0.3) is 5.91 Å². The number of amides is 1. The molecule has 3 N–H and O–H groups in total. The van der Waals surface area contributed by atoms with Crippen LogP contribution in [0.4, 0.5) is 0 Å². The summed E-state index contributed by atoms with van der Waals surface area (Å²) in [5, 5.41) is 2.94. The number of carbonyl (C=O) groups excluding carboxylic acids is 1. The number of nitrogens with one attached hydrogen (secondary N) is 1. The summed E-state index contributed by atoms with van der Waals surface area (Å²) < 4.78 is 0. The normalized spacial score (nSPS) is 17.6. The Morgan fingerprint density at radius 3 is 2.18 bits per heavy atom. The van der Waals surface area contributed by atoms with Crippen molar-refractivity contribution in [3.05, 3.63) is 35.4 Å². The lowest BCUT2D eigenvalue weighted by molar-refractivity contribution is 0.0919. The molecule has 3 nitrogen and oxygen atoms in total. The highest BCUT2D eigenvalue weighted by Crippen LogP contribution is 2.42. The van der Waals surface area contributed by atoms with E-state index in [0.29, 0.717) is 5.56 Å². The van der Waals surface area contributed by atoms with Gasteiger partial charge in [-0.05, 0) is 51.3 Å². The van der Waals surface area contributed by atoms with E-state index in [9.17, 15) is 4.79 Å². The van der Waals surface area contributed by atoms with E-state index in [1.165, 1.54) is 0 Å². The number of rotatable bonds is 2. The molecule has 1 aliphatic rings. The molecule has 0 aromatic heterocycles. The number of carbonyl (C=O) groups is 1. The zero-order chi connectivity index (χ0) is 12.7. The second-order valence-corrected chi connectivity index (χ2v) is 5.94. The Hall–Kier alpha value is -1.35. The summed E-state index contributed by atoms with van der Waals surface area (Å²) in [5.74, 6) is -0.0362. The zero-order valence-corrected chi connectivity index (χ0v) is 10.7. The van der Waals surface area contributed by atoms with E-state index >= 15 is 0 Å². The largest absolute Gasteiger partial charge is 0.347 e. The maximum Gasteiger partial charge on any atom is 0.251 e. The number of nitrogens with two attached hydrogens (primary N) is 1. The summed E-state index contributed by atoms with van der Waals surface area (Å²) in [6.07, 6.45) is 2.08. The molecular formula is C14H20N2O. The molecule has 0 spiro atoms. The Balaban J connectivity index is 2.10. The van der Waals surface area contributed by atoms with Crippen LogP contribution < -0.4 is 11.1 Å². The Kier molecular flexibility index (Phi) is 2.74. The minimum Gasteiger partial charge on any atom is -0.347 e. The molecule has 1 aliphatic carbocycles. The summed E-state index contributed by atoms with van der Waals surface area (Å²) in [4.78, 5) is 11.9. The first-order chi connectivity index (χ1) is 7.80. The number of benzene rings is 1. The minimum atomic E-state index is -0.207. The van der Waals surface area contributed by atoms with Gasteiger partial charge in [0.15, 0.2) is 0 Å². The Morgan fingerprint density at radius 1 is 1.24 bits per heavy atom. The smallest absolute Gasteiger partial charge is 0.251 e. The van der Waals surface area contributed by atoms with Crippen LogP contribution in [0.2, 0.25) is 0 Å². The Morgan fingerprint density at radius 2 is 1.76 bits per heavy atom. The third-order valence-corrected chi connectivity index (χ3v) is 3.00. The number of hydrogen-bond acceptors (Lipinski definition) is 2. The second kappa shape index (κ2) is 3.84. The van der Waals surface area contributed by atoms with Gasteiger partial charge in [0.2, 0.25) is 0 Å². The Labute approximate surface area is 102 Å². The van der Waals surface area contributed by atoms with Crippen LogP contribution in [0.3, 0.4) is 0 Å². The first kappa shape index (κ1) is 12.1. The molecule has 3 heteroatoms. The maximum atomic E-state index is 11.9. The molecule has 2 rings (SSSR count). The van der Waals surface area contributed by atoms with Crippen molar-refractivity contribution in [3.63, 3.8) is 0 Å². The molecule has 0 heterocycles. The summed E-state index contributed by atoms with van der Waals surface area (Å²) in [5.41, 5.74) is 7.58. The lowest BCUT2D eigenvalue weighted by atomic mass is 10.0. The van der Waals surface area contributed by atoms with Crippen LogP contribution in [0.15, 0.2) is 24.3 Å². The molecule has 1 amide bonds. The predicted octanol–water partition coefficient (Wildman–Crippen LogP) is 2.16. The fraction of sp³-hybridized carbons (Fsp3) is 0.500. The quantitative estimate of drug-likeness (QED) is 0.821. The van der Waals surface area contributed by atoms with Crippen molar-refractivity contribution in [2.45, 2.75) is 44.7 Å². The van der Waals surface area contributed by atoms with Crippen LogP contribution in [-0.2, 0) is 5.54 Å². The molecule has 0 aliphatic heterocycles. The molecule has 0 bridgehead atoms. The molecule has 0 atom stereocenters.